The van der Waals surface area contributed by atoms with Crippen molar-refractivity contribution in [2.75, 3.05) is 47.6 Å². The van der Waals surface area contributed by atoms with Crippen LogP contribution in [-0.2, 0) is 18.9 Å². The van der Waals surface area contributed by atoms with Gasteiger partial charge >= 0.3 is 0 Å². The van der Waals surface area contributed by atoms with Gasteiger partial charge in [0.2, 0.25) is 0 Å². The Morgan fingerprint density at radius 1 is 1.08 bits per heavy atom. The molecule has 1 atom stereocenters. The Bertz CT molecular complexity index is 577. The molecular formula is C18H24O6. The van der Waals surface area contributed by atoms with Crippen molar-refractivity contribution >= 4 is 5.57 Å². The van der Waals surface area contributed by atoms with Crippen molar-refractivity contribution in [1.29, 1.82) is 0 Å². The quantitative estimate of drug-likeness (QED) is 0.714. The van der Waals surface area contributed by atoms with Crippen LogP contribution in [0, 0.1) is 0 Å². The lowest BCUT2D eigenvalue weighted by atomic mass is 10.0. The van der Waals surface area contributed by atoms with E-state index in [0.717, 1.165) is 24.2 Å². The molecule has 1 aliphatic heterocycles. The summed E-state index contributed by atoms with van der Waals surface area (Å²) in [5.41, 5.74) is 1.94. The maximum Gasteiger partial charge on any atom is 0.188 e. The van der Waals surface area contributed by atoms with Crippen LogP contribution in [0.4, 0.5) is 0 Å². The molecule has 1 aliphatic carbocycles. The van der Waals surface area contributed by atoms with Crippen LogP contribution >= 0.6 is 0 Å². The Kier molecular flexibility index (Phi) is 5.73. The minimum absolute atomic E-state index is 0.179. The number of benzene rings is 1. The van der Waals surface area contributed by atoms with E-state index in [2.05, 4.69) is 6.08 Å². The van der Waals surface area contributed by atoms with Gasteiger partial charge in [-0.3, -0.25) is 0 Å². The van der Waals surface area contributed by atoms with Crippen LogP contribution in [0.5, 0.6) is 11.5 Å². The molecule has 3 rings (SSSR count). The molecular weight excluding hydrogens is 312 g/mol. The summed E-state index contributed by atoms with van der Waals surface area (Å²) >= 11 is 0. The van der Waals surface area contributed by atoms with Gasteiger partial charge in [-0.25, -0.2) is 0 Å². The summed E-state index contributed by atoms with van der Waals surface area (Å²) in [6.07, 6.45) is 4.02. The van der Waals surface area contributed by atoms with Crippen molar-refractivity contribution in [3.63, 3.8) is 0 Å². The predicted octanol–water partition coefficient (Wildman–Crippen LogP) is 2.61. The van der Waals surface area contributed by atoms with E-state index in [1.54, 1.807) is 14.2 Å². The number of hydrogen-bond donors (Lipinski definition) is 0. The zero-order chi connectivity index (χ0) is 16.8. The zero-order valence-corrected chi connectivity index (χ0v) is 14.2. The fraction of sp³-hybridized carbons (Fsp3) is 0.556. The number of allylic oxidation sites excluding steroid dienone is 1. The molecule has 6 heteroatoms. The maximum absolute atomic E-state index is 5.97. The van der Waals surface area contributed by atoms with E-state index in [-0.39, 0.29) is 19.2 Å². The van der Waals surface area contributed by atoms with Gasteiger partial charge < -0.3 is 28.4 Å². The van der Waals surface area contributed by atoms with Gasteiger partial charge in [0, 0.05) is 25.8 Å². The second kappa shape index (κ2) is 7.98. The van der Waals surface area contributed by atoms with Crippen LogP contribution in [0.1, 0.15) is 18.4 Å². The largest absolute Gasteiger partial charge is 0.467 e. The minimum atomic E-state index is -0.294. The first-order valence-corrected chi connectivity index (χ1v) is 8.08. The van der Waals surface area contributed by atoms with Gasteiger partial charge in [-0.1, -0.05) is 0 Å². The van der Waals surface area contributed by atoms with E-state index in [9.17, 15) is 0 Å². The highest BCUT2D eigenvalue weighted by Gasteiger charge is 2.37. The first-order chi connectivity index (χ1) is 11.8. The van der Waals surface area contributed by atoms with Gasteiger partial charge in [0.05, 0.1) is 19.8 Å². The summed E-state index contributed by atoms with van der Waals surface area (Å²) in [5.74, 6) is 1.42. The Morgan fingerprint density at radius 2 is 1.92 bits per heavy atom. The SMILES string of the molecule is COCOc1ccc(C2=CC3(CC2)COCCO3)c(OCOC)c1. The third-order valence-corrected chi connectivity index (χ3v) is 4.19. The molecule has 24 heavy (non-hydrogen) atoms. The average Bonchev–Trinajstić information content (AvgIpc) is 3.02. The number of ether oxygens (including phenoxy) is 6. The van der Waals surface area contributed by atoms with E-state index in [1.807, 2.05) is 18.2 Å². The van der Waals surface area contributed by atoms with Gasteiger partial charge in [-0.15, -0.1) is 0 Å². The molecule has 1 saturated heterocycles. The molecule has 6 nitrogen and oxygen atoms in total. The van der Waals surface area contributed by atoms with Crippen molar-refractivity contribution in [3.8, 4) is 11.5 Å². The Morgan fingerprint density at radius 3 is 2.67 bits per heavy atom. The average molecular weight is 336 g/mol. The highest BCUT2D eigenvalue weighted by Crippen LogP contribution is 2.42. The summed E-state index contributed by atoms with van der Waals surface area (Å²) in [5, 5.41) is 0. The van der Waals surface area contributed by atoms with Crippen LogP contribution in [-0.4, -0.2) is 53.2 Å². The lowest BCUT2D eigenvalue weighted by Gasteiger charge is -2.31. The Balaban J connectivity index is 1.84. The van der Waals surface area contributed by atoms with Crippen LogP contribution in [0.25, 0.3) is 5.57 Å². The molecule has 1 unspecified atom stereocenters. The molecule has 1 aromatic rings. The summed E-state index contributed by atoms with van der Waals surface area (Å²) in [4.78, 5) is 0. The third kappa shape index (κ3) is 3.89. The van der Waals surface area contributed by atoms with Crippen LogP contribution < -0.4 is 9.47 Å². The fourth-order valence-electron chi connectivity index (χ4n) is 3.07. The predicted molar refractivity (Wildman–Crippen MR) is 88.2 cm³/mol. The highest BCUT2D eigenvalue weighted by molar-refractivity contribution is 5.74. The molecule has 2 aliphatic rings. The lowest BCUT2D eigenvalue weighted by Crippen LogP contribution is -2.39. The first kappa shape index (κ1) is 17.2. The molecule has 0 amide bonds. The first-order valence-electron chi connectivity index (χ1n) is 8.08. The monoisotopic (exact) mass is 336 g/mol. The van der Waals surface area contributed by atoms with Crippen molar-refractivity contribution in [2.45, 2.75) is 18.4 Å². The normalized spacial score (nSPS) is 23.3. The minimum Gasteiger partial charge on any atom is -0.467 e. The molecule has 1 heterocycles. The zero-order valence-electron chi connectivity index (χ0n) is 14.2. The van der Waals surface area contributed by atoms with Gasteiger partial charge in [0.1, 0.15) is 17.1 Å². The molecule has 132 valence electrons. The van der Waals surface area contributed by atoms with Crippen LogP contribution in [0.2, 0.25) is 0 Å². The van der Waals surface area contributed by atoms with Crippen molar-refractivity contribution in [2.24, 2.45) is 0 Å². The van der Waals surface area contributed by atoms with Crippen molar-refractivity contribution in [3.05, 3.63) is 29.8 Å². The van der Waals surface area contributed by atoms with E-state index in [0.29, 0.717) is 25.6 Å². The molecule has 0 radical (unpaired) electrons. The molecule has 1 fully saturated rings. The smallest absolute Gasteiger partial charge is 0.188 e. The molecule has 1 aromatic carbocycles. The standard InChI is InChI=1S/C18H24O6/c1-19-12-22-15-3-4-16(17(9-15)23-13-20-2)14-5-6-18(10-14)11-21-7-8-24-18/h3-4,9-10H,5-8,11-13H2,1-2H3. The second-order valence-electron chi connectivity index (χ2n) is 5.90. The van der Waals surface area contributed by atoms with Crippen LogP contribution in [0.15, 0.2) is 24.3 Å². The van der Waals surface area contributed by atoms with E-state index >= 15 is 0 Å². The summed E-state index contributed by atoms with van der Waals surface area (Å²) in [6, 6.07) is 5.78. The molecule has 0 bridgehead atoms. The Labute approximate surface area is 142 Å². The topological polar surface area (TPSA) is 55.4 Å². The molecule has 0 N–H and O–H groups in total. The van der Waals surface area contributed by atoms with Crippen molar-refractivity contribution < 1.29 is 28.4 Å². The van der Waals surface area contributed by atoms with Gasteiger partial charge in [0.15, 0.2) is 13.6 Å². The van der Waals surface area contributed by atoms with Crippen LogP contribution in [0.3, 0.4) is 0 Å². The van der Waals surface area contributed by atoms with E-state index < -0.39 is 0 Å². The number of rotatable bonds is 7. The summed E-state index contributed by atoms with van der Waals surface area (Å²) < 4.78 is 32.8. The number of hydrogen-bond acceptors (Lipinski definition) is 6. The number of methoxy groups -OCH3 is 2. The Hall–Kier alpha value is -1.60. The van der Waals surface area contributed by atoms with E-state index in [1.165, 1.54) is 5.57 Å². The second-order valence-corrected chi connectivity index (χ2v) is 5.90. The summed E-state index contributed by atoms with van der Waals surface area (Å²) in [6.45, 7) is 2.29. The van der Waals surface area contributed by atoms with Gasteiger partial charge in [-0.05, 0) is 36.6 Å². The third-order valence-electron chi connectivity index (χ3n) is 4.19. The van der Waals surface area contributed by atoms with Gasteiger partial charge in [0.25, 0.3) is 0 Å². The maximum atomic E-state index is 5.97. The van der Waals surface area contributed by atoms with Crippen molar-refractivity contribution in [1.82, 2.24) is 0 Å². The molecule has 1 spiro atoms. The molecule has 0 aromatic heterocycles. The van der Waals surface area contributed by atoms with Gasteiger partial charge in [-0.2, -0.15) is 0 Å². The van der Waals surface area contributed by atoms with E-state index in [4.69, 9.17) is 28.4 Å². The summed E-state index contributed by atoms with van der Waals surface area (Å²) in [7, 11) is 3.19. The highest BCUT2D eigenvalue weighted by atomic mass is 16.7. The lowest BCUT2D eigenvalue weighted by molar-refractivity contribution is -0.130. The fourth-order valence-corrected chi connectivity index (χ4v) is 3.07. The molecule has 0 saturated carbocycles.